The standard InChI is InChI=1S/C26H35N3O3/c30-24(29-17-15-27(16-18-29)12-4-8-21-6-2-1-3-7-21)22-20-26(22)10-13-28(14-11-26)25(31)23-9-5-19-32-23/h1-4,6-8,22-23H,5,9-20H2. The molecule has 1 aromatic rings. The first-order chi connectivity index (χ1) is 15.6. The van der Waals surface area contributed by atoms with Gasteiger partial charge in [-0.1, -0.05) is 42.5 Å². The molecule has 1 spiro atoms. The Bertz CT molecular complexity index is 833. The molecule has 0 N–H and O–H groups in total. The monoisotopic (exact) mass is 437 g/mol. The first kappa shape index (κ1) is 21.7. The molecule has 4 fully saturated rings. The molecule has 1 saturated carbocycles. The van der Waals surface area contributed by atoms with Crippen LogP contribution in [0.5, 0.6) is 0 Å². The van der Waals surface area contributed by atoms with E-state index in [2.05, 4.69) is 46.2 Å². The second kappa shape index (κ2) is 9.36. The highest BCUT2D eigenvalue weighted by atomic mass is 16.5. The molecule has 3 heterocycles. The lowest BCUT2D eigenvalue weighted by Gasteiger charge is -2.36. The number of piperazine rings is 1. The van der Waals surface area contributed by atoms with E-state index in [-0.39, 0.29) is 23.3 Å². The number of nitrogens with zero attached hydrogens (tertiary/aromatic N) is 3. The Morgan fingerprint density at radius 2 is 1.69 bits per heavy atom. The highest BCUT2D eigenvalue weighted by Gasteiger charge is 2.59. The number of hydrogen-bond donors (Lipinski definition) is 0. The summed E-state index contributed by atoms with van der Waals surface area (Å²) in [6.07, 6.45) is 8.94. The van der Waals surface area contributed by atoms with Crippen molar-refractivity contribution < 1.29 is 14.3 Å². The molecule has 0 bridgehead atoms. The van der Waals surface area contributed by atoms with Crippen molar-refractivity contribution in [2.45, 2.75) is 38.2 Å². The van der Waals surface area contributed by atoms with Gasteiger partial charge in [0.05, 0.1) is 0 Å². The third kappa shape index (κ3) is 4.62. The van der Waals surface area contributed by atoms with Gasteiger partial charge in [0.1, 0.15) is 6.10 Å². The van der Waals surface area contributed by atoms with E-state index in [1.165, 1.54) is 5.56 Å². The zero-order chi connectivity index (χ0) is 22.0. The van der Waals surface area contributed by atoms with Crippen LogP contribution in [0.1, 0.15) is 37.7 Å². The number of amides is 2. The van der Waals surface area contributed by atoms with Crippen LogP contribution in [0.25, 0.3) is 6.08 Å². The topological polar surface area (TPSA) is 53.1 Å². The summed E-state index contributed by atoms with van der Waals surface area (Å²) in [5.41, 5.74) is 1.38. The van der Waals surface area contributed by atoms with Gasteiger partial charge in [-0.2, -0.15) is 0 Å². The van der Waals surface area contributed by atoms with Crippen molar-refractivity contribution in [3.05, 3.63) is 42.0 Å². The van der Waals surface area contributed by atoms with Crippen LogP contribution in [-0.4, -0.2) is 85.0 Å². The normalized spacial score (nSPS) is 27.9. The highest BCUT2D eigenvalue weighted by Crippen LogP contribution is 2.60. The average Bonchev–Trinajstić information content (AvgIpc) is 3.26. The molecule has 1 aromatic carbocycles. The van der Waals surface area contributed by atoms with Crippen molar-refractivity contribution >= 4 is 17.9 Å². The number of likely N-dealkylation sites (tertiary alicyclic amines) is 1. The van der Waals surface area contributed by atoms with Gasteiger partial charge in [0.25, 0.3) is 5.91 Å². The Morgan fingerprint density at radius 3 is 2.38 bits per heavy atom. The molecule has 0 radical (unpaired) electrons. The maximum Gasteiger partial charge on any atom is 0.251 e. The molecule has 4 aliphatic rings. The fraction of sp³-hybridized carbons (Fsp3) is 0.615. The summed E-state index contributed by atoms with van der Waals surface area (Å²) in [4.78, 5) is 32.2. The van der Waals surface area contributed by atoms with E-state index in [0.717, 1.165) is 77.9 Å². The van der Waals surface area contributed by atoms with Gasteiger partial charge in [-0.3, -0.25) is 14.5 Å². The number of piperidine rings is 1. The number of hydrogen-bond acceptors (Lipinski definition) is 4. The van der Waals surface area contributed by atoms with Crippen LogP contribution in [0.3, 0.4) is 0 Å². The fourth-order valence-electron chi connectivity index (χ4n) is 5.67. The van der Waals surface area contributed by atoms with E-state index < -0.39 is 0 Å². The summed E-state index contributed by atoms with van der Waals surface area (Å²) < 4.78 is 5.57. The molecular formula is C26H35N3O3. The summed E-state index contributed by atoms with van der Waals surface area (Å²) >= 11 is 0. The second-order valence-corrected chi connectivity index (χ2v) is 9.88. The average molecular weight is 438 g/mol. The van der Waals surface area contributed by atoms with Gasteiger partial charge in [-0.25, -0.2) is 0 Å². The largest absolute Gasteiger partial charge is 0.368 e. The zero-order valence-corrected chi connectivity index (χ0v) is 19.0. The molecule has 32 heavy (non-hydrogen) atoms. The fourth-order valence-corrected chi connectivity index (χ4v) is 5.67. The molecule has 172 valence electrons. The second-order valence-electron chi connectivity index (χ2n) is 9.88. The van der Waals surface area contributed by atoms with E-state index in [4.69, 9.17) is 4.74 Å². The van der Waals surface area contributed by atoms with Crippen molar-refractivity contribution in [2.75, 3.05) is 52.4 Å². The van der Waals surface area contributed by atoms with E-state index in [9.17, 15) is 9.59 Å². The lowest BCUT2D eigenvalue weighted by molar-refractivity contribution is -0.142. The van der Waals surface area contributed by atoms with Gasteiger partial charge in [-0.15, -0.1) is 0 Å². The van der Waals surface area contributed by atoms with Gasteiger partial charge in [-0.05, 0) is 43.1 Å². The minimum Gasteiger partial charge on any atom is -0.368 e. The Morgan fingerprint density at radius 1 is 0.969 bits per heavy atom. The molecule has 2 amide bonds. The summed E-state index contributed by atoms with van der Waals surface area (Å²) in [5, 5.41) is 0. The van der Waals surface area contributed by atoms with Crippen LogP contribution < -0.4 is 0 Å². The van der Waals surface area contributed by atoms with Crippen molar-refractivity contribution in [1.82, 2.24) is 14.7 Å². The van der Waals surface area contributed by atoms with Crippen LogP contribution >= 0.6 is 0 Å². The van der Waals surface area contributed by atoms with Crippen LogP contribution in [-0.2, 0) is 14.3 Å². The summed E-state index contributed by atoms with van der Waals surface area (Å²) in [6.45, 7) is 6.74. The molecule has 0 aromatic heterocycles. The molecule has 3 saturated heterocycles. The Hall–Kier alpha value is -2.18. The van der Waals surface area contributed by atoms with Crippen molar-refractivity contribution in [3.63, 3.8) is 0 Å². The Labute approximate surface area is 191 Å². The molecule has 5 rings (SSSR count). The lowest BCUT2D eigenvalue weighted by Crippen LogP contribution is -2.50. The van der Waals surface area contributed by atoms with Gasteiger partial charge < -0.3 is 14.5 Å². The third-order valence-electron chi connectivity index (χ3n) is 7.92. The maximum absolute atomic E-state index is 13.2. The van der Waals surface area contributed by atoms with Crippen LogP contribution in [0.2, 0.25) is 0 Å². The van der Waals surface area contributed by atoms with E-state index in [1.807, 2.05) is 11.0 Å². The summed E-state index contributed by atoms with van der Waals surface area (Å²) in [6, 6.07) is 10.4. The van der Waals surface area contributed by atoms with E-state index >= 15 is 0 Å². The number of ether oxygens (including phenoxy) is 1. The molecular weight excluding hydrogens is 402 g/mol. The number of rotatable bonds is 5. The van der Waals surface area contributed by atoms with Crippen molar-refractivity contribution in [1.29, 1.82) is 0 Å². The van der Waals surface area contributed by atoms with E-state index in [1.54, 1.807) is 0 Å². The number of benzene rings is 1. The van der Waals surface area contributed by atoms with Gasteiger partial charge in [0.15, 0.2) is 0 Å². The van der Waals surface area contributed by atoms with E-state index in [0.29, 0.717) is 12.5 Å². The molecule has 6 nitrogen and oxygen atoms in total. The van der Waals surface area contributed by atoms with Gasteiger partial charge in [0.2, 0.25) is 5.91 Å². The zero-order valence-electron chi connectivity index (χ0n) is 19.0. The Kier molecular flexibility index (Phi) is 6.33. The van der Waals surface area contributed by atoms with Crippen molar-refractivity contribution in [3.8, 4) is 0 Å². The Balaban J connectivity index is 1.05. The quantitative estimate of drug-likeness (QED) is 0.711. The van der Waals surface area contributed by atoms with Gasteiger partial charge in [0, 0.05) is 58.3 Å². The number of carbonyl (C=O) groups excluding carboxylic acids is 2. The number of carbonyl (C=O) groups is 2. The predicted octanol–water partition coefficient (Wildman–Crippen LogP) is 2.65. The van der Waals surface area contributed by atoms with Crippen LogP contribution in [0.15, 0.2) is 36.4 Å². The SMILES string of the molecule is O=C(C1CCCO1)N1CCC2(CC1)CC2C(=O)N1CCN(CC=Cc2ccccc2)CC1. The molecule has 2 unspecified atom stereocenters. The van der Waals surface area contributed by atoms with Crippen molar-refractivity contribution in [2.24, 2.45) is 11.3 Å². The predicted molar refractivity (Wildman–Crippen MR) is 124 cm³/mol. The van der Waals surface area contributed by atoms with Gasteiger partial charge >= 0.3 is 0 Å². The lowest BCUT2D eigenvalue weighted by atomic mass is 9.90. The summed E-state index contributed by atoms with van der Waals surface area (Å²) in [5.74, 6) is 0.689. The first-order valence-corrected chi connectivity index (χ1v) is 12.3. The summed E-state index contributed by atoms with van der Waals surface area (Å²) in [7, 11) is 0. The minimum absolute atomic E-state index is 0.153. The molecule has 6 heteroatoms. The minimum atomic E-state index is -0.223. The van der Waals surface area contributed by atoms with Crippen LogP contribution in [0.4, 0.5) is 0 Å². The molecule has 3 aliphatic heterocycles. The molecule has 1 aliphatic carbocycles. The maximum atomic E-state index is 13.2. The smallest absolute Gasteiger partial charge is 0.251 e. The first-order valence-electron chi connectivity index (χ1n) is 12.3. The highest BCUT2D eigenvalue weighted by molar-refractivity contribution is 5.83. The van der Waals surface area contributed by atoms with Crippen LogP contribution in [0, 0.1) is 11.3 Å². The third-order valence-corrected chi connectivity index (χ3v) is 7.92. The molecule has 2 atom stereocenters.